The minimum absolute atomic E-state index is 0.616. The molecule has 0 N–H and O–H groups in total. The molecule has 0 fully saturated rings. The normalized spacial score (nSPS) is 18.1. The summed E-state index contributed by atoms with van der Waals surface area (Å²) in [4.78, 5) is 0. The number of aryl methyl sites for hydroxylation is 2. The molecular formula is C17H18. The Hall–Kier alpha value is -1.56. The quantitative estimate of drug-likeness (QED) is 0.671. The van der Waals surface area contributed by atoms with Crippen LogP contribution in [0.5, 0.6) is 0 Å². The Balaban J connectivity index is 2.10. The molecule has 0 saturated heterocycles. The van der Waals surface area contributed by atoms with Crippen molar-refractivity contribution < 1.29 is 0 Å². The molecule has 0 aromatic heterocycles. The summed E-state index contributed by atoms with van der Waals surface area (Å²) in [6.45, 7) is 4.45. The minimum atomic E-state index is 0.616. The minimum Gasteiger partial charge on any atom is -0.0622 e. The van der Waals surface area contributed by atoms with Gasteiger partial charge in [-0.2, -0.15) is 0 Å². The zero-order valence-corrected chi connectivity index (χ0v) is 10.5. The predicted octanol–water partition coefficient (Wildman–Crippen LogP) is 4.38. The van der Waals surface area contributed by atoms with Crippen molar-refractivity contribution >= 4 is 0 Å². The van der Waals surface area contributed by atoms with E-state index < -0.39 is 0 Å². The molecule has 2 aromatic carbocycles. The van der Waals surface area contributed by atoms with Gasteiger partial charge in [0.1, 0.15) is 0 Å². The van der Waals surface area contributed by atoms with E-state index in [4.69, 9.17) is 0 Å². The van der Waals surface area contributed by atoms with E-state index in [1.165, 1.54) is 29.5 Å². The number of benzene rings is 2. The van der Waals surface area contributed by atoms with E-state index in [2.05, 4.69) is 56.3 Å². The summed E-state index contributed by atoms with van der Waals surface area (Å²) in [6, 6.07) is 15.6. The number of rotatable bonds is 1. The van der Waals surface area contributed by atoms with E-state index in [1.54, 1.807) is 11.1 Å². The zero-order chi connectivity index (χ0) is 11.8. The first-order valence-electron chi connectivity index (χ1n) is 6.40. The molecule has 1 atom stereocenters. The second kappa shape index (κ2) is 4.03. The van der Waals surface area contributed by atoms with Crippen LogP contribution in [-0.2, 0) is 6.42 Å². The highest BCUT2D eigenvalue weighted by Gasteiger charge is 2.25. The molecule has 0 spiro atoms. The summed E-state index contributed by atoms with van der Waals surface area (Å²) >= 11 is 0. The van der Waals surface area contributed by atoms with Crippen LogP contribution in [0.4, 0.5) is 0 Å². The maximum absolute atomic E-state index is 2.38. The van der Waals surface area contributed by atoms with Gasteiger partial charge in [0.2, 0.25) is 0 Å². The van der Waals surface area contributed by atoms with E-state index in [0.717, 1.165) is 0 Å². The molecule has 0 amide bonds. The van der Waals surface area contributed by atoms with Crippen molar-refractivity contribution in [3.05, 3.63) is 70.3 Å². The fourth-order valence-corrected chi connectivity index (χ4v) is 3.16. The van der Waals surface area contributed by atoms with Gasteiger partial charge in [-0.15, -0.1) is 0 Å². The molecule has 86 valence electrons. The van der Waals surface area contributed by atoms with E-state index >= 15 is 0 Å². The van der Waals surface area contributed by atoms with Gasteiger partial charge in [0.15, 0.2) is 0 Å². The lowest BCUT2D eigenvalue weighted by atomic mass is 9.91. The summed E-state index contributed by atoms with van der Waals surface area (Å²) in [6.07, 6.45) is 2.50. The van der Waals surface area contributed by atoms with Gasteiger partial charge in [0, 0.05) is 5.92 Å². The van der Waals surface area contributed by atoms with Crippen LogP contribution in [0, 0.1) is 13.8 Å². The van der Waals surface area contributed by atoms with Gasteiger partial charge in [-0.1, -0.05) is 48.0 Å². The van der Waals surface area contributed by atoms with Crippen LogP contribution in [0.1, 0.15) is 40.2 Å². The van der Waals surface area contributed by atoms with Gasteiger partial charge < -0.3 is 0 Å². The van der Waals surface area contributed by atoms with Crippen molar-refractivity contribution in [2.45, 2.75) is 32.6 Å². The SMILES string of the molecule is Cc1cc(C)c2c(c1)C(c1ccccc1)CC2. The van der Waals surface area contributed by atoms with E-state index in [0.29, 0.717) is 5.92 Å². The average molecular weight is 222 g/mol. The van der Waals surface area contributed by atoms with Gasteiger partial charge in [-0.3, -0.25) is 0 Å². The molecule has 0 nitrogen and oxygen atoms in total. The number of fused-ring (bicyclic) bond motifs is 1. The second-order valence-electron chi connectivity index (χ2n) is 5.15. The molecule has 1 aliphatic carbocycles. The van der Waals surface area contributed by atoms with Crippen molar-refractivity contribution in [3.8, 4) is 0 Å². The molecular weight excluding hydrogens is 204 g/mol. The first kappa shape index (κ1) is 10.6. The lowest BCUT2D eigenvalue weighted by molar-refractivity contribution is 0.787. The molecule has 3 rings (SSSR count). The van der Waals surface area contributed by atoms with E-state index in [-0.39, 0.29) is 0 Å². The monoisotopic (exact) mass is 222 g/mol. The fraction of sp³-hybridized carbons (Fsp3) is 0.294. The fourth-order valence-electron chi connectivity index (χ4n) is 3.16. The van der Waals surface area contributed by atoms with Crippen molar-refractivity contribution in [2.75, 3.05) is 0 Å². The van der Waals surface area contributed by atoms with Gasteiger partial charge >= 0.3 is 0 Å². The summed E-state index contributed by atoms with van der Waals surface area (Å²) in [5, 5.41) is 0. The molecule has 0 heterocycles. The summed E-state index contributed by atoms with van der Waals surface area (Å²) in [5.41, 5.74) is 7.48. The van der Waals surface area contributed by atoms with E-state index in [1.807, 2.05) is 0 Å². The third-order valence-electron chi connectivity index (χ3n) is 3.91. The van der Waals surface area contributed by atoms with Crippen LogP contribution in [0.25, 0.3) is 0 Å². The topological polar surface area (TPSA) is 0 Å². The summed E-state index contributed by atoms with van der Waals surface area (Å²) in [5.74, 6) is 0.616. The smallest absolute Gasteiger partial charge is 0.00954 e. The summed E-state index contributed by atoms with van der Waals surface area (Å²) < 4.78 is 0. The van der Waals surface area contributed by atoms with Crippen molar-refractivity contribution in [1.29, 1.82) is 0 Å². The number of hydrogen-bond acceptors (Lipinski definition) is 0. The molecule has 0 aliphatic heterocycles. The molecule has 1 unspecified atom stereocenters. The first-order chi connectivity index (χ1) is 8.25. The maximum atomic E-state index is 2.38. The molecule has 0 bridgehead atoms. The molecule has 0 heteroatoms. The second-order valence-corrected chi connectivity index (χ2v) is 5.15. The maximum Gasteiger partial charge on any atom is 0.00954 e. The van der Waals surface area contributed by atoms with Gasteiger partial charge in [-0.05, 0) is 48.9 Å². The van der Waals surface area contributed by atoms with Crippen molar-refractivity contribution in [2.24, 2.45) is 0 Å². The van der Waals surface area contributed by atoms with Crippen LogP contribution in [-0.4, -0.2) is 0 Å². The predicted molar refractivity (Wildman–Crippen MR) is 72.5 cm³/mol. The van der Waals surface area contributed by atoms with Crippen LogP contribution in [0.15, 0.2) is 42.5 Å². The Kier molecular flexibility index (Phi) is 2.51. The zero-order valence-electron chi connectivity index (χ0n) is 10.5. The average Bonchev–Trinajstić information content (AvgIpc) is 2.74. The Morgan fingerprint density at radius 3 is 2.53 bits per heavy atom. The first-order valence-corrected chi connectivity index (χ1v) is 6.40. The van der Waals surface area contributed by atoms with Gasteiger partial charge in [0.05, 0.1) is 0 Å². The number of hydrogen-bond donors (Lipinski definition) is 0. The Bertz CT molecular complexity index is 537. The Morgan fingerprint density at radius 1 is 1.00 bits per heavy atom. The third kappa shape index (κ3) is 1.78. The summed E-state index contributed by atoms with van der Waals surface area (Å²) in [7, 11) is 0. The highest BCUT2D eigenvalue weighted by molar-refractivity contribution is 5.47. The largest absolute Gasteiger partial charge is 0.0622 e. The van der Waals surface area contributed by atoms with E-state index in [9.17, 15) is 0 Å². The standard InChI is InChI=1S/C17H18/c1-12-10-13(2)15-8-9-16(17(15)11-12)14-6-4-3-5-7-14/h3-7,10-11,16H,8-9H2,1-2H3. The highest BCUT2D eigenvalue weighted by atomic mass is 14.3. The van der Waals surface area contributed by atoms with Gasteiger partial charge in [-0.25, -0.2) is 0 Å². The lowest BCUT2D eigenvalue weighted by Crippen LogP contribution is -1.97. The molecule has 0 saturated carbocycles. The van der Waals surface area contributed by atoms with Gasteiger partial charge in [0.25, 0.3) is 0 Å². The van der Waals surface area contributed by atoms with Crippen molar-refractivity contribution in [3.63, 3.8) is 0 Å². The van der Waals surface area contributed by atoms with Crippen LogP contribution in [0.2, 0.25) is 0 Å². The molecule has 0 radical (unpaired) electrons. The lowest BCUT2D eigenvalue weighted by Gasteiger charge is -2.13. The Morgan fingerprint density at radius 2 is 1.76 bits per heavy atom. The van der Waals surface area contributed by atoms with Crippen molar-refractivity contribution in [1.82, 2.24) is 0 Å². The van der Waals surface area contributed by atoms with Crippen LogP contribution >= 0.6 is 0 Å². The Labute approximate surface area is 103 Å². The van der Waals surface area contributed by atoms with Crippen LogP contribution in [0.3, 0.4) is 0 Å². The molecule has 2 aromatic rings. The molecule has 17 heavy (non-hydrogen) atoms. The van der Waals surface area contributed by atoms with Crippen LogP contribution < -0.4 is 0 Å². The molecule has 1 aliphatic rings. The third-order valence-corrected chi connectivity index (χ3v) is 3.91. The highest BCUT2D eigenvalue weighted by Crippen LogP contribution is 2.39.